The van der Waals surface area contributed by atoms with E-state index < -0.39 is 0 Å². The average Bonchev–Trinajstić information content (AvgIpc) is 2.62. The molecule has 0 spiro atoms. The Morgan fingerprint density at radius 1 is 1.33 bits per heavy atom. The normalized spacial score (nSPS) is 24.3. The van der Waals surface area contributed by atoms with E-state index >= 15 is 0 Å². The maximum absolute atomic E-state index is 5.33. The highest BCUT2D eigenvalue weighted by atomic mass is 79.9. The van der Waals surface area contributed by atoms with E-state index in [0.717, 1.165) is 26.9 Å². The van der Waals surface area contributed by atoms with Crippen molar-refractivity contribution in [1.82, 2.24) is 4.90 Å². The molecule has 1 aromatic rings. The summed E-state index contributed by atoms with van der Waals surface area (Å²) in [6, 6.07) is 5.17. The van der Waals surface area contributed by atoms with E-state index in [1.54, 1.807) is 7.11 Å². The summed E-state index contributed by atoms with van der Waals surface area (Å²) in [5, 5.41) is 3.58. The molecule has 1 aliphatic heterocycles. The van der Waals surface area contributed by atoms with E-state index in [0.29, 0.717) is 12.1 Å². The van der Waals surface area contributed by atoms with E-state index in [4.69, 9.17) is 4.74 Å². The molecule has 5 heteroatoms. The van der Waals surface area contributed by atoms with Gasteiger partial charge in [0.25, 0.3) is 0 Å². The molecule has 0 aromatic heterocycles. The molecular weight excluding hydrogens is 360 g/mol. The lowest BCUT2D eigenvalue weighted by Gasteiger charge is -2.17. The lowest BCUT2D eigenvalue weighted by molar-refractivity contribution is 0.330. The number of hydrogen-bond acceptors (Lipinski definition) is 3. The van der Waals surface area contributed by atoms with Crippen molar-refractivity contribution < 1.29 is 4.74 Å². The number of anilines is 1. The van der Waals surface area contributed by atoms with Crippen LogP contribution in [0.4, 0.5) is 5.69 Å². The third-order valence-electron chi connectivity index (χ3n) is 3.49. The van der Waals surface area contributed by atoms with Crippen LogP contribution >= 0.6 is 31.9 Å². The first-order valence-electron chi connectivity index (χ1n) is 6.01. The first kappa shape index (κ1) is 14.2. The van der Waals surface area contributed by atoms with Gasteiger partial charge in [0.15, 0.2) is 0 Å². The van der Waals surface area contributed by atoms with Crippen molar-refractivity contribution >= 4 is 37.5 Å². The second-order valence-corrected chi connectivity index (χ2v) is 6.54. The van der Waals surface area contributed by atoms with Crippen molar-refractivity contribution in [1.29, 1.82) is 0 Å². The summed E-state index contributed by atoms with van der Waals surface area (Å²) in [5.41, 5.74) is 1.09. The average molecular weight is 378 g/mol. The third-order valence-corrected chi connectivity index (χ3v) is 4.76. The number of methoxy groups -OCH3 is 1. The summed E-state index contributed by atoms with van der Waals surface area (Å²) in [7, 11) is 3.85. The SMILES string of the molecule is COc1cc(NC2CC(C)N(C)C2)c(Br)cc1Br. The molecule has 0 radical (unpaired) electrons. The number of benzene rings is 1. The smallest absolute Gasteiger partial charge is 0.135 e. The molecule has 1 fully saturated rings. The Hall–Kier alpha value is -0.260. The maximum Gasteiger partial charge on any atom is 0.135 e. The zero-order valence-electron chi connectivity index (χ0n) is 10.8. The van der Waals surface area contributed by atoms with Gasteiger partial charge >= 0.3 is 0 Å². The fourth-order valence-electron chi connectivity index (χ4n) is 2.31. The fraction of sp³-hybridized carbons (Fsp3) is 0.538. The van der Waals surface area contributed by atoms with Crippen LogP contribution in [-0.4, -0.2) is 37.7 Å². The topological polar surface area (TPSA) is 24.5 Å². The van der Waals surface area contributed by atoms with Crippen LogP contribution in [0.5, 0.6) is 5.75 Å². The number of rotatable bonds is 3. The molecule has 0 bridgehead atoms. The molecule has 0 aliphatic carbocycles. The predicted octanol–water partition coefficient (Wildman–Crippen LogP) is 3.72. The Kier molecular flexibility index (Phi) is 4.56. The lowest BCUT2D eigenvalue weighted by atomic mass is 10.2. The molecule has 1 saturated heterocycles. The molecule has 2 rings (SSSR count). The van der Waals surface area contributed by atoms with Crippen LogP contribution in [0.3, 0.4) is 0 Å². The Bertz CT molecular complexity index is 429. The van der Waals surface area contributed by atoms with Gasteiger partial charge in [0, 0.05) is 29.2 Å². The van der Waals surface area contributed by atoms with Gasteiger partial charge in [-0.1, -0.05) is 0 Å². The van der Waals surface area contributed by atoms with Crippen molar-refractivity contribution in [2.24, 2.45) is 0 Å². The monoisotopic (exact) mass is 376 g/mol. The lowest BCUT2D eigenvalue weighted by Crippen LogP contribution is -2.25. The van der Waals surface area contributed by atoms with Crippen LogP contribution in [-0.2, 0) is 0 Å². The summed E-state index contributed by atoms with van der Waals surface area (Å²) in [6.07, 6.45) is 1.17. The molecule has 1 aromatic carbocycles. The summed E-state index contributed by atoms with van der Waals surface area (Å²) >= 11 is 7.07. The summed E-state index contributed by atoms with van der Waals surface area (Å²) in [6.45, 7) is 3.34. The van der Waals surface area contributed by atoms with Crippen LogP contribution in [0.2, 0.25) is 0 Å². The van der Waals surface area contributed by atoms with Gasteiger partial charge in [0.05, 0.1) is 17.3 Å². The van der Waals surface area contributed by atoms with Crippen LogP contribution < -0.4 is 10.1 Å². The third kappa shape index (κ3) is 3.00. The summed E-state index contributed by atoms with van der Waals surface area (Å²) < 4.78 is 7.34. The minimum absolute atomic E-state index is 0.493. The predicted molar refractivity (Wildman–Crippen MR) is 82.5 cm³/mol. The van der Waals surface area contributed by atoms with E-state index in [1.807, 2.05) is 12.1 Å². The van der Waals surface area contributed by atoms with E-state index in [1.165, 1.54) is 6.42 Å². The van der Waals surface area contributed by atoms with Gasteiger partial charge in [-0.25, -0.2) is 0 Å². The van der Waals surface area contributed by atoms with Gasteiger partial charge in [-0.15, -0.1) is 0 Å². The second-order valence-electron chi connectivity index (χ2n) is 4.83. The highest BCUT2D eigenvalue weighted by molar-refractivity contribution is 9.11. The highest BCUT2D eigenvalue weighted by Gasteiger charge is 2.26. The standard InChI is InChI=1S/C13H18Br2N2O/c1-8-4-9(7-17(8)2)16-12-6-13(18-3)11(15)5-10(12)14/h5-6,8-9,16H,4,7H2,1-3H3. The fourth-order valence-corrected chi connectivity index (χ4v) is 3.58. The molecule has 1 heterocycles. The van der Waals surface area contributed by atoms with Crippen LogP contribution in [0.1, 0.15) is 13.3 Å². The first-order valence-corrected chi connectivity index (χ1v) is 7.59. The minimum atomic E-state index is 0.493. The van der Waals surface area contributed by atoms with E-state index in [9.17, 15) is 0 Å². The van der Waals surface area contributed by atoms with Gasteiger partial charge in [0.1, 0.15) is 5.75 Å². The van der Waals surface area contributed by atoms with Gasteiger partial charge in [-0.2, -0.15) is 0 Å². The molecule has 2 atom stereocenters. The van der Waals surface area contributed by atoms with Gasteiger partial charge in [-0.3, -0.25) is 0 Å². The van der Waals surface area contributed by atoms with Crippen molar-refractivity contribution in [3.63, 3.8) is 0 Å². The quantitative estimate of drug-likeness (QED) is 0.868. The van der Waals surface area contributed by atoms with Gasteiger partial charge in [0.2, 0.25) is 0 Å². The molecule has 100 valence electrons. The highest BCUT2D eigenvalue weighted by Crippen LogP contribution is 2.35. The number of likely N-dealkylation sites (tertiary alicyclic amines) is 1. The Morgan fingerprint density at radius 3 is 2.61 bits per heavy atom. The Morgan fingerprint density at radius 2 is 2.06 bits per heavy atom. The van der Waals surface area contributed by atoms with Crippen LogP contribution in [0.15, 0.2) is 21.1 Å². The van der Waals surface area contributed by atoms with Crippen molar-refractivity contribution in [2.45, 2.75) is 25.4 Å². The number of likely N-dealkylation sites (N-methyl/N-ethyl adjacent to an activating group) is 1. The minimum Gasteiger partial charge on any atom is -0.495 e. The molecule has 1 N–H and O–H groups in total. The molecule has 1 aliphatic rings. The number of halogens is 2. The van der Waals surface area contributed by atoms with Crippen molar-refractivity contribution in [3.05, 3.63) is 21.1 Å². The van der Waals surface area contributed by atoms with Crippen molar-refractivity contribution in [2.75, 3.05) is 26.0 Å². The van der Waals surface area contributed by atoms with Crippen LogP contribution in [0, 0.1) is 0 Å². The van der Waals surface area contributed by atoms with E-state index in [-0.39, 0.29) is 0 Å². The Balaban J connectivity index is 2.14. The number of nitrogens with zero attached hydrogens (tertiary/aromatic N) is 1. The molecule has 18 heavy (non-hydrogen) atoms. The number of ether oxygens (including phenoxy) is 1. The van der Waals surface area contributed by atoms with Gasteiger partial charge < -0.3 is 15.0 Å². The molecule has 0 saturated carbocycles. The largest absolute Gasteiger partial charge is 0.495 e. The molecule has 0 amide bonds. The number of nitrogens with one attached hydrogen (secondary N) is 1. The summed E-state index contributed by atoms with van der Waals surface area (Å²) in [5.74, 6) is 0.847. The van der Waals surface area contributed by atoms with E-state index in [2.05, 4.69) is 56.0 Å². The zero-order chi connectivity index (χ0) is 13.3. The number of hydrogen-bond donors (Lipinski definition) is 1. The van der Waals surface area contributed by atoms with Gasteiger partial charge in [-0.05, 0) is 58.3 Å². The first-order chi connectivity index (χ1) is 8.51. The Labute approximate surface area is 125 Å². The van der Waals surface area contributed by atoms with Crippen molar-refractivity contribution in [3.8, 4) is 5.75 Å². The molecule has 3 nitrogen and oxygen atoms in total. The molecule has 2 unspecified atom stereocenters. The van der Waals surface area contributed by atoms with Crippen LogP contribution in [0.25, 0.3) is 0 Å². The zero-order valence-corrected chi connectivity index (χ0v) is 14.0. The maximum atomic E-state index is 5.33. The second kappa shape index (κ2) is 5.80. The summed E-state index contributed by atoms with van der Waals surface area (Å²) in [4.78, 5) is 2.38. The molecular formula is C13H18Br2N2O.